The van der Waals surface area contributed by atoms with Crippen molar-refractivity contribution >= 4 is 45.2 Å². The monoisotopic (exact) mass is 423 g/mol. The van der Waals surface area contributed by atoms with Gasteiger partial charge in [-0.2, -0.15) is 0 Å². The molecule has 0 aromatic rings. The molecule has 0 fully saturated rings. The van der Waals surface area contributed by atoms with Gasteiger partial charge in [-0.05, 0) is 26.3 Å². The van der Waals surface area contributed by atoms with Crippen LogP contribution in [0.2, 0.25) is 0 Å². The molecule has 0 aliphatic carbocycles. The number of unbranched alkanes of at least 4 members (excludes halogenated alkanes) is 2. The Morgan fingerprint density at radius 2 is 1.64 bits per heavy atom. The van der Waals surface area contributed by atoms with Gasteiger partial charge in [-0.1, -0.05) is 77.8 Å². The van der Waals surface area contributed by atoms with Gasteiger partial charge < -0.3 is 5.32 Å². The molecule has 0 radical (unpaired) electrons. The number of nitrogens with one attached hydrogen (secondary N) is 1. The summed E-state index contributed by atoms with van der Waals surface area (Å²) < 4.78 is 1.58. The smallest absolute Gasteiger partial charge is 0.0591 e. The molecule has 1 unspecified atom stereocenters. The average Bonchev–Trinajstić information content (AvgIpc) is 2.17. The SMILES string of the molecule is CCC[C@H](I)CCCCCC(I)NC. The van der Waals surface area contributed by atoms with Crippen molar-refractivity contribution < 1.29 is 0 Å². The van der Waals surface area contributed by atoms with Gasteiger partial charge in [0, 0.05) is 3.92 Å². The van der Waals surface area contributed by atoms with E-state index >= 15 is 0 Å². The lowest BCUT2D eigenvalue weighted by Crippen LogP contribution is -2.17. The van der Waals surface area contributed by atoms with E-state index in [4.69, 9.17) is 0 Å². The van der Waals surface area contributed by atoms with Crippen LogP contribution in [-0.4, -0.2) is 15.0 Å². The molecular weight excluding hydrogens is 400 g/mol. The second-order valence-electron chi connectivity index (χ2n) is 3.78. The van der Waals surface area contributed by atoms with Crippen LogP contribution in [0, 0.1) is 0 Å². The lowest BCUT2D eigenvalue weighted by atomic mass is 10.1. The molecule has 1 nitrogen and oxygen atoms in total. The minimum atomic E-state index is 0.665. The maximum absolute atomic E-state index is 3.27. The van der Waals surface area contributed by atoms with Crippen molar-refractivity contribution in [1.29, 1.82) is 0 Å². The van der Waals surface area contributed by atoms with Crippen LogP contribution in [0.25, 0.3) is 0 Å². The van der Waals surface area contributed by atoms with Crippen molar-refractivity contribution in [2.45, 2.75) is 59.8 Å². The van der Waals surface area contributed by atoms with E-state index in [1.807, 2.05) is 7.05 Å². The summed E-state index contributed by atoms with van der Waals surface area (Å²) in [5, 5.41) is 3.27. The standard InChI is InChI=1S/C11H23I2N/c1-3-7-10(12)8-5-4-6-9-11(13)14-2/h10-11,14H,3-9H2,1-2H3/t10-,11?/m0/s1. The van der Waals surface area contributed by atoms with E-state index in [-0.39, 0.29) is 0 Å². The van der Waals surface area contributed by atoms with E-state index in [0.717, 1.165) is 3.92 Å². The highest BCUT2D eigenvalue weighted by molar-refractivity contribution is 14.1. The lowest BCUT2D eigenvalue weighted by molar-refractivity contribution is 0.574. The van der Waals surface area contributed by atoms with Gasteiger partial charge in [-0.25, -0.2) is 0 Å². The molecule has 0 rings (SSSR count). The number of rotatable bonds is 9. The first-order valence-electron chi connectivity index (χ1n) is 5.66. The van der Waals surface area contributed by atoms with E-state index in [9.17, 15) is 0 Å². The van der Waals surface area contributed by atoms with Crippen molar-refractivity contribution in [3.8, 4) is 0 Å². The van der Waals surface area contributed by atoms with Gasteiger partial charge in [0.15, 0.2) is 0 Å². The molecule has 0 aromatic heterocycles. The molecule has 0 saturated heterocycles. The highest BCUT2D eigenvalue weighted by atomic mass is 127. The Labute approximate surface area is 116 Å². The molecule has 0 spiro atoms. The average molecular weight is 423 g/mol. The third-order valence-corrected chi connectivity index (χ3v) is 4.88. The molecule has 0 saturated carbocycles. The first kappa shape index (κ1) is 15.4. The normalized spacial score (nSPS) is 15.4. The van der Waals surface area contributed by atoms with Crippen LogP contribution in [0.5, 0.6) is 0 Å². The molecule has 3 heteroatoms. The van der Waals surface area contributed by atoms with Crippen LogP contribution in [0.4, 0.5) is 0 Å². The first-order valence-corrected chi connectivity index (χ1v) is 8.15. The summed E-state index contributed by atoms with van der Waals surface area (Å²) >= 11 is 5.07. The number of hydrogen-bond donors (Lipinski definition) is 1. The Morgan fingerprint density at radius 1 is 1.00 bits per heavy atom. The highest BCUT2D eigenvalue weighted by Gasteiger charge is 2.03. The fraction of sp³-hybridized carbons (Fsp3) is 1.00. The van der Waals surface area contributed by atoms with Gasteiger partial charge in [0.05, 0.1) is 4.05 Å². The molecule has 86 valence electrons. The molecule has 0 aliphatic rings. The predicted octanol–water partition coefficient (Wildman–Crippen LogP) is 4.52. The number of halogens is 2. The van der Waals surface area contributed by atoms with Crippen LogP contribution in [-0.2, 0) is 0 Å². The fourth-order valence-electron chi connectivity index (χ4n) is 1.47. The van der Waals surface area contributed by atoms with Crippen molar-refractivity contribution in [2.24, 2.45) is 0 Å². The quantitative estimate of drug-likeness (QED) is 0.249. The maximum Gasteiger partial charge on any atom is 0.0591 e. The van der Waals surface area contributed by atoms with Gasteiger partial charge in [0.2, 0.25) is 0 Å². The molecule has 0 bridgehead atoms. The van der Waals surface area contributed by atoms with Crippen LogP contribution in [0.3, 0.4) is 0 Å². The highest BCUT2D eigenvalue weighted by Crippen LogP contribution is 2.17. The molecule has 14 heavy (non-hydrogen) atoms. The van der Waals surface area contributed by atoms with Gasteiger partial charge in [0.25, 0.3) is 0 Å². The Bertz CT molecular complexity index is 120. The summed E-state index contributed by atoms with van der Waals surface area (Å²) in [6.45, 7) is 2.28. The van der Waals surface area contributed by atoms with Gasteiger partial charge in [0.1, 0.15) is 0 Å². The van der Waals surface area contributed by atoms with Crippen molar-refractivity contribution in [3.05, 3.63) is 0 Å². The summed E-state index contributed by atoms with van der Waals surface area (Å²) in [5.74, 6) is 0. The summed E-state index contributed by atoms with van der Waals surface area (Å²) in [6.07, 6.45) is 9.67. The number of hydrogen-bond acceptors (Lipinski definition) is 1. The second-order valence-corrected chi connectivity index (χ2v) is 7.05. The van der Waals surface area contributed by atoms with Crippen LogP contribution in [0.15, 0.2) is 0 Å². The third kappa shape index (κ3) is 9.96. The van der Waals surface area contributed by atoms with Crippen LogP contribution in [0.1, 0.15) is 51.9 Å². The van der Waals surface area contributed by atoms with Crippen LogP contribution >= 0.6 is 45.2 Å². The zero-order chi connectivity index (χ0) is 10.8. The largest absolute Gasteiger partial charge is 0.309 e. The number of alkyl halides is 2. The molecule has 0 heterocycles. The third-order valence-electron chi connectivity index (χ3n) is 2.39. The Balaban J connectivity index is 3.13. The minimum Gasteiger partial charge on any atom is -0.309 e. The molecule has 0 amide bonds. The first-order chi connectivity index (χ1) is 6.70. The van der Waals surface area contributed by atoms with Gasteiger partial charge in [-0.3, -0.25) is 0 Å². The van der Waals surface area contributed by atoms with Crippen molar-refractivity contribution in [2.75, 3.05) is 7.05 Å². The summed E-state index contributed by atoms with van der Waals surface area (Å²) in [7, 11) is 2.04. The molecule has 1 N–H and O–H groups in total. The Morgan fingerprint density at radius 3 is 2.21 bits per heavy atom. The Hall–Kier alpha value is 1.42. The minimum absolute atomic E-state index is 0.665. The fourth-order valence-corrected chi connectivity index (χ4v) is 2.97. The molecule has 0 aromatic carbocycles. The van der Waals surface area contributed by atoms with Crippen molar-refractivity contribution in [3.63, 3.8) is 0 Å². The van der Waals surface area contributed by atoms with E-state index in [1.165, 1.54) is 44.9 Å². The molecule has 0 aliphatic heterocycles. The topological polar surface area (TPSA) is 12.0 Å². The summed E-state index contributed by atoms with van der Waals surface area (Å²) in [4.78, 5) is 0. The molecule has 2 atom stereocenters. The predicted molar refractivity (Wildman–Crippen MR) is 82.7 cm³/mol. The van der Waals surface area contributed by atoms with Crippen molar-refractivity contribution in [1.82, 2.24) is 5.32 Å². The maximum atomic E-state index is 3.27. The van der Waals surface area contributed by atoms with E-state index in [2.05, 4.69) is 57.4 Å². The lowest BCUT2D eigenvalue weighted by Gasteiger charge is -2.09. The zero-order valence-corrected chi connectivity index (χ0v) is 13.7. The molecular formula is C11H23I2N. The van der Waals surface area contributed by atoms with Gasteiger partial charge >= 0.3 is 0 Å². The van der Waals surface area contributed by atoms with Crippen LogP contribution < -0.4 is 5.32 Å². The van der Waals surface area contributed by atoms with Gasteiger partial charge in [-0.15, -0.1) is 0 Å². The van der Waals surface area contributed by atoms with E-state index in [1.54, 1.807) is 0 Å². The summed E-state index contributed by atoms with van der Waals surface area (Å²) in [5.41, 5.74) is 0. The summed E-state index contributed by atoms with van der Waals surface area (Å²) in [6, 6.07) is 0. The van der Waals surface area contributed by atoms with E-state index < -0.39 is 0 Å². The second kappa shape index (κ2) is 10.9. The Kier molecular flexibility index (Phi) is 12.0. The zero-order valence-electron chi connectivity index (χ0n) is 9.36. The van der Waals surface area contributed by atoms with E-state index in [0.29, 0.717) is 4.05 Å².